The number of nitrogens with zero attached hydrogens (tertiary/aromatic N) is 2. The molecule has 0 saturated carbocycles. The van der Waals surface area contributed by atoms with Crippen LogP contribution in [-0.2, 0) is 4.79 Å². The molecule has 1 heterocycles. The van der Waals surface area contributed by atoms with E-state index in [4.69, 9.17) is 4.74 Å². The molecule has 0 spiro atoms. The van der Waals surface area contributed by atoms with Gasteiger partial charge in [-0.25, -0.2) is 4.98 Å². The molecule has 35 heavy (non-hydrogen) atoms. The van der Waals surface area contributed by atoms with E-state index in [1.165, 1.54) is 11.6 Å². The van der Waals surface area contributed by atoms with Gasteiger partial charge in [0.1, 0.15) is 11.6 Å². The molecule has 7 nitrogen and oxygen atoms in total. The average Bonchev–Trinajstić information content (AvgIpc) is 2.85. The van der Waals surface area contributed by atoms with E-state index >= 15 is 0 Å². The van der Waals surface area contributed by atoms with Gasteiger partial charge in [0.2, 0.25) is 11.9 Å². The molecule has 1 amide bonds. The van der Waals surface area contributed by atoms with E-state index in [9.17, 15) is 4.79 Å². The number of anilines is 5. The SMILES string of the molecule is COc1ccc(/C=C/C(=O)Nc2ccc(Nc3cc(C)nc(Nc4ccc(C)cc4)n3)cc2)cc1. The van der Waals surface area contributed by atoms with Gasteiger partial charge in [-0.05, 0) is 74.0 Å². The van der Waals surface area contributed by atoms with Crippen LogP contribution in [0.3, 0.4) is 0 Å². The van der Waals surface area contributed by atoms with Crippen LogP contribution >= 0.6 is 0 Å². The molecular formula is C28H27N5O2. The molecule has 0 aliphatic carbocycles. The maximum absolute atomic E-state index is 12.3. The number of hydrogen-bond donors (Lipinski definition) is 3. The van der Waals surface area contributed by atoms with Gasteiger partial charge in [0.05, 0.1) is 7.11 Å². The van der Waals surface area contributed by atoms with Crippen molar-refractivity contribution in [1.29, 1.82) is 0 Å². The van der Waals surface area contributed by atoms with Crippen LogP contribution in [0.5, 0.6) is 5.75 Å². The number of methoxy groups -OCH3 is 1. The summed E-state index contributed by atoms with van der Waals surface area (Å²) in [6.07, 6.45) is 3.25. The van der Waals surface area contributed by atoms with E-state index in [0.717, 1.165) is 28.4 Å². The third-order valence-electron chi connectivity index (χ3n) is 5.13. The summed E-state index contributed by atoms with van der Waals surface area (Å²) in [6, 6.07) is 24.8. The summed E-state index contributed by atoms with van der Waals surface area (Å²) in [4.78, 5) is 21.3. The molecule has 0 atom stereocenters. The van der Waals surface area contributed by atoms with E-state index in [2.05, 4.69) is 25.9 Å². The van der Waals surface area contributed by atoms with Crippen molar-refractivity contribution in [2.45, 2.75) is 13.8 Å². The molecule has 0 unspecified atom stereocenters. The minimum absolute atomic E-state index is 0.209. The second-order valence-corrected chi connectivity index (χ2v) is 8.01. The zero-order chi connectivity index (χ0) is 24.6. The molecular weight excluding hydrogens is 438 g/mol. The number of carbonyl (C=O) groups is 1. The molecule has 4 aromatic rings. The van der Waals surface area contributed by atoms with Gasteiger partial charge in [0.25, 0.3) is 0 Å². The summed E-state index contributed by atoms with van der Waals surface area (Å²) >= 11 is 0. The van der Waals surface area contributed by atoms with Gasteiger partial charge in [-0.1, -0.05) is 29.8 Å². The first kappa shape index (κ1) is 23.5. The number of aromatic nitrogens is 2. The Kier molecular flexibility index (Phi) is 7.37. The van der Waals surface area contributed by atoms with Crippen molar-refractivity contribution in [1.82, 2.24) is 9.97 Å². The van der Waals surface area contributed by atoms with Gasteiger partial charge in [-0.2, -0.15) is 4.98 Å². The number of nitrogens with one attached hydrogen (secondary N) is 3. The summed E-state index contributed by atoms with van der Waals surface area (Å²) in [5, 5.41) is 9.39. The van der Waals surface area contributed by atoms with Crippen LogP contribution < -0.4 is 20.7 Å². The van der Waals surface area contributed by atoms with Crippen molar-refractivity contribution >= 4 is 40.8 Å². The minimum Gasteiger partial charge on any atom is -0.497 e. The predicted octanol–water partition coefficient (Wildman–Crippen LogP) is 6.24. The van der Waals surface area contributed by atoms with E-state index in [-0.39, 0.29) is 5.91 Å². The Morgan fingerprint density at radius 2 is 1.43 bits per heavy atom. The second kappa shape index (κ2) is 11.0. The fraction of sp³-hybridized carbons (Fsp3) is 0.107. The lowest BCUT2D eigenvalue weighted by molar-refractivity contribution is -0.111. The molecule has 0 saturated heterocycles. The molecule has 0 fully saturated rings. The van der Waals surface area contributed by atoms with Crippen LogP contribution in [0, 0.1) is 13.8 Å². The Balaban J connectivity index is 1.36. The Morgan fingerprint density at radius 3 is 2.11 bits per heavy atom. The van der Waals surface area contributed by atoms with Gasteiger partial charge >= 0.3 is 0 Å². The highest BCUT2D eigenvalue weighted by Gasteiger charge is 2.05. The fourth-order valence-electron chi connectivity index (χ4n) is 3.31. The molecule has 7 heteroatoms. The monoisotopic (exact) mass is 465 g/mol. The molecule has 1 aromatic heterocycles. The van der Waals surface area contributed by atoms with Crippen LogP contribution in [-0.4, -0.2) is 23.0 Å². The summed E-state index contributed by atoms with van der Waals surface area (Å²) in [7, 11) is 1.62. The summed E-state index contributed by atoms with van der Waals surface area (Å²) in [5.41, 5.74) is 5.41. The third-order valence-corrected chi connectivity index (χ3v) is 5.13. The van der Waals surface area contributed by atoms with Gasteiger partial charge in [-0.3, -0.25) is 4.79 Å². The number of rotatable bonds is 8. The van der Waals surface area contributed by atoms with E-state index in [0.29, 0.717) is 17.5 Å². The maximum Gasteiger partial charge on any atom is 0.248 e. The standard InChI is InChI=1S/C28H27N5O2/c1-19-4-9-24(10-5-19)32-28-29-20(2)18-26(33-28)30-22-11-13-23(14-12-22)31-27(34)17-8-21-6-15-25(35-3)16-7-21/h4-18H,1-3H3,(H,31,34)(H2,29,30,32,33)/b17-8+. The van der Waals surface area contributed by atoms with Crippen molar-refractivity contribution in [3.8, 4) is 5.75 Å². The topological polar surface area (TPSA) is 88.2 Å². The Morgan fingerprint density at radius 1 is 0.800 bits per heavy atom. The van der Waals surface area contributed by atoms with Crippen LogP contribution in [0.4, 0.5) is 28.8 Å². The van der Waals surface area contributed by atoms with Crippen molar-refractivity contribution in [3.05, 3.63) is 102 Å². The van der Waals surface area contributed by atoms with Crippen LogP contribution in [0.25, 0.3) is 6.08 Å². The summed E-state index contributed by atoms with van der Waals surface area (Å²) in [6.45, 7) is 3.97. The highest BCUT2D eigenvalue weighted by Crippen LogP contribution is 2.21. The molecule has 0 aliphatic heterocycles. The highest BCUT2D eigenvalue weighted by atomic mass is 16.5. The lowest BCUT2D eigenvalue weighted by atomic mass is 10.2. The number of ether oxygens (including phenoxy) is 1. The zero-order valence-electron chi connectivity index (χ0n) is 19.9. The molecule has 0 bridgehead atoms. The Labute approximate surface area is 204 Å². The van der Waals surface area contributed by atoms with Crippen molar-refractivity contribution < 1.29 is 9.53 Å². The summed E-state index contributed by atoms with van der Waals surface area (Å²) in [5.74, 6) is 1.76. The average molecular weight is 466 g/mol. The predicted molar refractivity (Wildman–Crippen MR) is 142 cm³/mol. The first-order chi connectivity index (χ1) is 17.0. The number of benzene rings is 3. The smallest absolute Gasteiger partial charge is 0.248 e. The van der Waals surface area contributed by atoms with Crippen LogP contribution in [0.15, 0.2) is 84.9 Å². The number of hydrogen-bond acceptors (Lipinski definition) is 6. The normalized spacial score (nSPS) is 10.7. The zero-order valence-corrected chi connectivity index (χ0v) is 19.9. The molecule has 3 N–H and O–H groups in total. The van der Waals surface area contributed by atoms with Gasteiger partial charge in [0.15, 0.2) is 0 Å². The molecule has 3 aromatic carbocycles. The molecule has 4 rings (SSSR count). The Hall–Kier alpha value is -4.65. The number of aryl methyl sites for hydroxylation is 2. The number of carbonyl (C=O) groups excluding carboxylic acids is 1. The first-order valence-corrected chi connectivity index (χ1v) is 11.2. The van der Waals surface area contributed by atoms with Crippen molar-refractivity contribution in [2.75, 3.05) is 23.1 Å². The van der Waals surface area contributed by atoms with E-state index in [1.54, 1.807) is 13.2 Å². The second-order valence-electron chi connectivity index (χ2n) is 8.01. The minimum atomic E-state index is -0.209. The largest absolute Gasteiger partial charge is 0.497 e. The van der Waals surface area contributed by atoms with Gasteiger partial charge in [0, 0.05) is 34.9 Å². The molecule has 0 radical (unpaired) electrons. The quantitative estimate of drug-likeness (QED) is 0.267. The van der Waals surface area contributed by atoms with Gasteiger partial charge in [-0.15, -0.1) is 0 Å². The number of amides is 1. The molecule has 0 aliphatic rings. The van der Waals surface area contributed by atoms with Crippen molar-refractivity contribution in [3.63, 3.8) is 0 Å². The third kappa shape index (κ3) is 6.91. The van der Waals surface area contributed by atoms with Crippen LogP contribution in [0.1, 0.15) is 16.8 Å². The van der Waals surface area contributed by atoms with E-state index in [1.807, 2.05) is 92.7 Å². The lowest BCUT2D eigenvalue weighted by Crippen LogP contribution is -2.07. The van der Waals surface area contributed by atoms with Crippen LogP contribution in [0.2, 0.25) is 0 Å². The van der Waals surface area contributed by atoms with E-state index < -0.39 is 0 Å². The van der Waals surface area contributed by atoms with Gasteiger partial charge < -0.3 is 20.7 Å². The lowest BCUT2D eigenvalue weighted by Gasteiger charge is -2.11. The van der Waals surface area contributed by atoms with Crippen molar-refractivity contribution in [2.24, 2.45) is 0 Å². The maximum atomic E-state index is 12.3. The Bertz CT molecular complexity index is 1320. The fourth-order valence-corrected chi connectivity index (χ4v) is 3.31. The first-order valence-electron chi connectivity index (χ1n) is 11.2. The highest BCUT2D eigenvalue weighted by molar-refractivity contribution is 6.02. The molecule has 176 valence electrons. The summed E-state index contributed by atoms with van der Waals surface area (Å²) < 4.78 is 5.14.